The third-order valence-corrected chi connectivity index (χ3v) is 5.76. The van der Waals surface area contributed by atoms with Crippen molar-refractivity contribution in [2.75, 3.05) is 44.7 Å². The van der Waals surface area contributed by atoms with Crippen molar-refractivity contribution in [3.63, 3.8) is 0 Å². The summed E-state index contributed by atoms with van der Waals surface area (Å²) in [7, 11) is 1.83. The second kappa shape index (κ2) is 10.8. The summed E-state index contributed by atoms with van der Waals surface area (Å²) >= 11 is 1.79. The van der Waals surface area contributed by atoms with E-state index in [0.29, 0.717) is 0 Å². The summed E-state index contributed by atoms with van der Waals surface area (Å²) in [6.07, 6.45) is 3.94. The number of nitrogens with one attached hydrogen (secondary N) is 1. The Morgan fingerprint density at radius 1 is 1.22 bits per heavy atom. The zero-order valence-corrected chi connectivity index (χ0v) is 19.0. The van der Waals surface area contributed by atoms with Gasteiger partial charge < -0.3 is 15.1 Å². The molecule has 2 heterocycles. The maximum atomic E-state index is 13.1. The summed E-state index contributed by atoms with van der Waals surface area (Å²) in [5, 5.41) is 4.62. The molecule has 2 aromatic rings. The largest absolute Gasteiger partial charge is 0.368 e. The number of guanidine groups is 1. The molecule has 0 unspecified atom stereocenters. The lowest BCUT2D eigenvalue weighted by molar-refractivity contribution is 0.373. The van der Waals surface area contributed by atoms with Crippen LogP contribution in [0.25, 0.3) is 0 Å². The number of halogens is 2. The van der Waals surface area contributed by atoms with Crippen LogP contribution in [0.1, 0.15) is 16.8 Å². The molecule has 1 N–H and O–H groups in total. The molecule has 5 nitrogen and oxygen atoms in total. The number of hydrogen-bond donors (Lipinski definition) is 1. The third-order valence-electron chi connectivity index (χ3n) is 4.55. The Hall–Kier alpha value is -1.42. The summed E-state index contributed by atoms with van der Waals surface area (Å²) in [4.78, 5) is 14.8. The van der Waals surface area contributed by atoms with Gasteiger partial charge in [-0.05, 0) is 30.7 Å². The predicted molar refractivity (Wildman–Crippen MR) is 122 cm³/mol. The fourth-order valence-electron chi connectivity index (χ4n) is 3.07. The van der Waals surface area contributed by atoms with Crippen LogP contribution in [0.5, 0.6) is 0 Å². The molecule has 0 bridgehead atoms. The molecule has 0 aliphatic carbocycles. The van der Waals surface area contributed by atoms with E-state index in [1.54, 1.807) is 11.3 Å². The van der Waals surface area contributed by atoms with E-state index in [2.05, 4.69) is 32.0 Å². The third kappa shape index (κ3) is 6.03. The van der Waals surface area contributed by atoms with E-state index < -0.39 is 0 Å². The van der Waals surface area contributed by atoms with Gasteiger partial charge in [0.05, 0.1) is 5.01 Å². The molecule has 0 spiro atoms. The first kappa shape index (κ1) is 21.9. The van der Waals surface area contributed by atoms with Gasteiger partial charge in [0.25, 0.3) is 0 Å². The zero-order valence-electron chi connectivity index (χ0n) is 15.8. The molecular formula is C19H27FIN5S. The maximum Gasteiger partial charge on any atom is 0.193 e. The van der Waals surface area contributed by atoms with Crippen LogP contribution < -0.4 is 10.2 Å². The standard InChI is InChI=1S/C19H26FN5S.HI/c1-3-17-14-23-18(26-17)8-9-22-19(21-2)25-12-10-24(11-13-25)16-6-4-15(20)5-7-16;/h4-7,14H,3,8-13H2,1-2H3,(H,21,22);1H. The molecule has 1 aliphatic rings. The number of aryl methyl sites for hydroxylation is 1. The topological polar surface area (TPSA) is 43.8 Å². The smallest absolute Gasteiger partial charge is 0.193 e. The molecule has 1 aromatic heterocycles. The van der Waals surface area contributed by atoms with Gasteiger partial charge in [0.2, 0.25) is 0 Å². The lowest BCUT2D eigenvalue weighted by Crippen LogP contribution is -2.52. The van der Waals surface area contributed by atoms with Gasteiger partial charge in [-0.1, -0.05) is 6.92 Å². The fraction of sp³-hybridized carbons (Fsp3) is 0.474. The van der Waals surface area contributed by atoms with Crippen molar-refractivity contribution in [2.45, 2.75) is 19.8 Å². The second-order valence-electron chi connectivity index (χ2n) is 6.25. The number of aromatic nitrogens is 1. The van der Waals surface area contributed by atoms with Gasteiger partial charge in [0.15, 0.2) is 5.96 Å². The summed E-state index contributed by atoms with van der Waals surface area (Å²) < 4.78 is 13.1. The van der Waals surface area contributed by atoms with Gasteiger partial charge in [-0.25, -0.2) is 9.37 Å². The first-order chi connectivity index (χ1) is 12.7. The van der Waals surface area contributed by atoms with E-state index in [1.807, 2.05) is 25.4 Å². The zero-order chi connectivity index (χ0) is 18.4. The number of rotatable bonds is 5. The summed E-state index contributed by atoms with van der Waals surface area (Å²) in [6, 6.07) is 6.73. The second-order valence-corrected chi connectivity index (χ2v) is 7.45. The monoisotopic (exact) mass is 503 g/mol. The highest BCUT2D eigenvalue weighted by atomic mass is 127. The van der Waals surface area contributed by atoms with Crippen molar-refractivity contribution in [3.8, 4) is 0 Å². The van der Waals surface area contributed by atoms with Crippen LogP contribution in [-0.2, 0) is 12.8 Å². The highest BCUT2D eigenvalue weighted by molar-refractivity contribution is 14.0. The van der Waals surface area contributed by atoms with Gasteiger partial charge in [-0.3, -0.25) is 4.99 Å². The molecule has 0 radical (unpaired) electrons. The normalized spacial score (nSPS) is 14.9. The minimum absolute atomic E-state index is 0. The molecule has 1 saturated heterocycles. The summed E-state index contributed by atoms with van der Waals surface area (Å²) in [6.45, 7) is 6.59. The summed E-state index contributed by atoms with van der Waals surface area (Å²) in [5.74, 6) is 0.749. The van der Waals surface area contributed by atoms with E-state index in [4.69, 9.17) is 0 Å². The predicted octanol–water partition coefficient (Wildman–Crippen LogP) is 3.40. The molecule has 1 fully saturated rings. The molecular weight excluding hydrogens is 476 g/mol. The number of benzene rings is 1. The number of piperazine rings is 1. The van der Waals surface area contributed by atoms with E-state index in [-0.39, 0.29) is 29.8 Å². The number of hydrogen-bond acceptors (Lipinski definition) is 4. The highest BCUT2D eigenvalue weighted by Crippen LogP contribution is 2.17. The minimum Gasteiger partial charge on any atom is -0.368 e. The number of nitrogens with zero attached hydrogens (tertiary/aromatic N) is 4. The molecule has 8 heteroatoms. The molecule has 27 heavy (non-hydrogen) atoms. The molecule has 0 amide bonds. The minimum atomic E-state index is -0.191. The van der Waals surface area contributed by atoms with Gasteiger partial charge in [0, 0.05) is 63.0 Å². The van der Waals surface area contributed by atoms with Crippen LogP contribution >= 0.6 is 35.3 Å². The van der Waals surface area contributed by atoms with Gasteiger partial charge in [-0.15, -0.1) is 35.3 Å². The van der Waals surface area contributed by atoms with Crippen LogP contribution in [0.2, 0.25) is 0 Å². The van der Waals surface area contributed by atoms with Crippen LogP contribution in [0.4, 0.5) is 10.1 Å². The van der Waals surface area contributed by atoms with E-state index >= 15 is 0 Å². The Balaban J connectivity index is 0.00000261. The molecule has 3 rings (SSSR count). The Morgan fingerprint density at radius 3 is 2.52 bits per heavy atom. The van der Waals surface area contributed by atoms with E-state index in [9.17, 15) is 4.39 Å². The van der Waals surface area contributed by atoms with Crippen LogP contribution in [0.15, 0.2) is 35.5 Å². The van der Waals surface area contributed by atoms with Gasteiger partial charge in [-0.2, -0.15) is 0 Å². The molecule has 148 valence electrons. The van der Waals surface area contributed by atoms with Crippen molar-refractivity contribution in [1.82, 2.24) is 15.2 Å². The SMILES string of the molecule is CCc1cnc(CCNC(=NC)N2CCN(c3ccc(F)cc3)CC2)s1.I. The highest BCUT2D eigenvalue weighted by Gasteiger charge is 2.19. The van der Waals surface area contributed by atoms with Crippen molar-refractivity contribution < 1.29 is 4.39 Å². The first-order valence-corrected chi connectivity index (χ1v) is 9.91. The average Bonchev–Trinajstić information content (AvgIpc) is 3.14. The number of anilines is 1. The average molecular weight is 503 g/mol. The van der Waals surface area contributed by atoms with Crippen molar-refractivity contribution in [2.24, 2.45) is 4.99 Å². The Labute approximate surface area is 181 Å². The van der Waals surface area contributed by atoms with Crippen LogP contribution in [0, 0.1) is 5.82 Å². The van der Waals surface area contributed by atoms with Crippen molar-refractivity contribution in [3.05, 3.63) is 46.2 Å². The Morgan fingerprint density at radius 2 is 1.93 bits per heavy atom. The van der Waals surface area contributed by atoms with Gasteiger partial charge >= 0.3 is 0 Å². The molecule has 0 atom stereocenters. The maximum absolute atomic E-state index is 13.1. The van der Waals surface area contributed by atoms with Crippen LogP contribution in [0.3, 0.4) is 0 Å². The number of aliphatic imine (C=N–C) groups is 1. The molecule has 0 saturated carbocycles. The number of thiazole rings is 1. The first-order valence-electron chi connectivity index (χ1n) is 9.09. The molecule has 1 aromatic carbocycles. The van der Waals surface area contributed by atoms with Crippen molar-refractivity contribution in [1.29, 1.82) is 0 Å². The lowest BCUT2D eigenvalue weighted by atomic mass is 10.2. The lowest BCUT2D eigenvalue weighted by Gasteiger charge is -2.37. The van der Waals surface area contributed by atoms with Gasteiger partial charge in [0.1, 0.15) is 5.82 Å². The van der Waals surface area contributed by atoms with Crippen molar-refractivity contribution >= 4 is 47.0 Å². The van der Waals surface area contributed by atoms with E-state index in [0.717, 1.165) is 57.2 Å². The Kier molecular flexibility index (Phi) is 8.75. The summed E-state index contributed by atoms with van der Waals surface area (Å²) in [5.41, 5.74) is 1.07. The fourth-order valence-corrected chi connectivity index (χ4v) is 3.93. The Bertz CT molecular complexity index is 726. The van der Waals surface area contributed by atoms with Crippen LogP contribution in [-0.4, -0.2) is 55.6 Å². The van der Waals surface area contributed by atoms with E-state index in [1.165, 1.54) is 22.0 Å². The molecule has 1 aliphatic heterocycles. The quantitative estimate of drug-likeness (QED) is 0.386.